The molecule has 1 fully saturated rings. The number of carbonyl (C=O) groups excluding carboxylic acids is 1. The number of hydrogen-bond acceptors (Lipinski definition) is 10. The summed E-state index contributed by atoms with van der Waals surface area (Å²) in [5.74, 6) is -1.19. The van der Waals surface area contributed by atoms with Gasteiger partial charge < -0.3 is 44.8 Å². The molecule has 1 heterocycles. The van der Waals surface area contributed by atoms with E-state index in [4.69, 9.17) is 14.2 Å². The fourth-order valence-corrected chi connectivity index (χ4v) is 2.83. The number of aliphatic hydroxyl groups excluding tert-OH is 3. The molecule has 0 aliphatic carbocycles. The van der Waals surface area contributed by atoms with Crippen LogP contribution in [-0.2, 0) is 14.3 Å². The molecule has 0 amide bonds. The Morgan fingerprint density at radius 2 is 1.65 bits per heavy atom. The third-order valence-corrected chi connectivity index (χ3v) is 4.56. The molecule has 0 spiro atoms. The summed E-state index contributed by atoms with van der Waals surface area (Å²) >= 11 is 0. The second-order valence-corrected chi connectivity index (χ2v) is 6.84. The highest BCUT2D eigenvalue weighted by molar-refractivity contribution is 5.87. The molecule has 10 nitrogen and oxygen atoms in total. The minimum Gasteiger partial charge on any atom is -0.508 e. The summed E-state index contributed by atoms with van der Waals surface area (Å²) in [6.07, 6.45) is -4.86. The minimum absolute atomic E-state index is 0.00766. The van der Waals surface area contributed by atoms with Crippen molar-refractivity contribution in [3.8, 4) is 23.0 Å². The van der Waals surface area contributed by atoms with E-state index in [1.165, 1.54) is 48.5 Å². The van der Waals surface area contributed by atoms with Crippen molar-refractivity contribution in [2.45, 2.75) is 30.7 Å². The number of aromatic hydroxyl groups is 3. The number of benzene rings is 2. The lowest BCUT2D eigenvalue weighted by Crippen LogP contribution is -2.60. The fourth-order valence-electron chi connectivity index (χ4n) is 2.83. The van der Waals surface area contributed by atoms with Gasteiger partial charge in [-0.2, -0.15) is 0 Å². The van der Waals surface area contributed by atoms with Crippen molar-refractivity contribution < 1.29 is 49.6 Å². The maximum atomic E-state index is 11.9. The summed E-state index contributed by atoms with van der Waals surface area (Å²) < 4.78 is 15.9. The van der Waals surface area contributed by atoms with E-state index in [2.05, 4.69) is 0 Å². The Hall–Kier alpha value is -3.31. The Morgan fingerprint density at radius 1 is 0.935 bits per heavy atom. The average molecular weight is 434 g/mol. The molecule has 5 atom stereocenters. The van der Waals surface area contributed by atoms with Gasteiger partial charge in [-0.1, -0.05) is 6.07 Å². The summed E-state index contributed by atoms with van der Waals surface area (Å²) in [5.41, 5.74) is 0.433. The number of ether oxygens (including phenoxy) is 3. The fraction of sp³-hybridized carbons (Fsp3) is 0.286. The van der Waals surface area contributed by atoms with E-state index in [-0.39, 0.29) is 23.0 Å². The van der Waals surface area contributed by atoms with Crippen LogP contribution in [0.3, 0.4) is 0 Å². The smallest absolute Gasteiger partial charge is 0.330 e. The number of hydrogen-bond donors (Lipinski definition) is 6. The van der Waals surface area contributed by atoms with Gasteiger partial charge in [0.15, 0.2) is 11.5 Å². The van der Waals surface area contributed by atoms with Crippen molar-refractivity contribution in [1.82, 2.24) is 0 Å². The first-order chi connectivity index (χ1) is 14.7. The van der Waals surface area contributed by atoms with E-state index in [9.17, 15) is 35.4 Å². The van der Waals surface area contributed by atoms with E-state index in [0.717, 1.165) is 6.08 Å². The van der Waals surface area contributed by atoms with Crippen molar-refractivity contribution >= 4 is 12.0 Å². The van der Waals surface area contributed by atoms with E-state index < -0.39 is 43.3 Å². The Morgan fingerprint density at radius 3 is 2.32 bits per heavy atom. The zero-order valence-corrected chi connectivity index (χ0v) is 16.1. The summed E-state index contributed by atoms with van der Waals surface area (Å²) in [4.78, 5) is 11.9. The topological polar surface area (TPSA) is 166 Å². The number of esters is 1. The van der Waals surface area contributed by atoms with Crippen LogP contribution in [0.4, 0.5) is 0 Å². The number of phenols is 3. The van der Waals surface area contributed by atoms with Crippen LogP contribution in [0.15, 0.2) is 48.5 Å². The summed E-state index contributed by atoms with van der Waals surface area (Å²) in [7, 11) is 0. The summed E-state index contributed by atoms with van der Waals surface area (Å²) in [6, 6.07) is 9.53. The highest BCUT2D eigenvalue weighted by Crippen LogP contribution is 2.26. The molecule has 1 aliphatic heterocycles. The average Bonchev–Trinajstić information content (AvgIpc) is 2.75. The van der Waals surface area contributed by atoms with Gasteiger partial charge in [0.1, 0.15) is 42.5 Å². The predicted octanol–water partition coefficient (Wildman–Crippen LogP) is 0.246. The second-order valence-electron chi connectivity index (χ2n) is 6.84. The van der Waals surface area contributed by atoms with Crippen molar-refractivity contribution in [2.75, 3.05) is 6.61 Å². The van der Waals surface area contributed by atoms with E-state index >= 15 is 0 Å². The maximum absolute atomic E-state index is 11.9. The molecule has 3 rings (SSSR count). The van der Waals surface area contributed by atoms with Crippen molar-refractivity contribution in [2.24, 2.45) is 0 Å². The number of rotatable bonds is 6. The van der Waals surface area contributed by atoms with E-state index in [1.54, 1.807) is 0 Å². The van der Waals surface area contributed by atoms with Gasteiger partial charge in [-0.25, -0.2) is 4.79 Å². The van der Waals surface area contributed by atoms with Crippen molar-refractivity contribution in [1.29, 1.82) is 0 Å². The first-order valence-corrected chi connectivity index (χ1v) is 9.27. The largest absolute Gasteiger partial charge is 0.508 e. The molecule has 166 valence electrons. The Bertz CT molecular complexity index is 926. The molecule has 6 N–H and O–H groups in total. The lowest BCUT2D eigenvalue weighted by Gasteiger charge is -2.39. The van der Waals surface area contributed by atoms with Crippen LogP contribution in [0.2, 0.25) is 0 Å². The van der Waals surface area contributed by atoms with E-state index in [0.29, 0.717) is 5.56 Å². The molecule has 10 heteroatoms. The molecule has 0 bridgehead atoms. The second kappa shape index (κ2) is 9.67. The first kappa shape index (κ1) is 22.4. The van der Waals surface area contributed by atoms with Gasteiger partial charge in [0.2, 0.25) is 6.29 Å². The van der Waals surface area contributed by atoms with Crippen molar-refractivity contribution in [3.63, 3.8) is 0 Å². The quantitative estimate of drug-likeness (QED) is 0.211. The first-order valence-electron chi connectivity index (χ1n) is 9.27. The predicted molar refractivity (Wildman–Crippen MR) is 105 cm³/mol. The number of carbonyl (C=O) groups is 1. The number of phenolic OH excluding ortho intramolecular Hbond substituents is 3. The third-order valence-electron chi connectivity index (χ3n) is 4.56. The van der Waals surface area contributed by atoms with Crippen LogP contribution in [0, 0.1) is 0 Å². The monoisotopic (exact) mass is 434 g/mol. The minimum atomic E-state index is -1.62. The van der Waals surface area contributed by atoms with Gasteiger partial charge in [-0.3, -0.25) is 0 Å². The van der Waals surface area contributed by atoms with Crippen LogP contribution in [-0.4, -0.2) is 73.9 Å². The van der Waals surface area contributed by atoms with Crippen LogP contribution < -0.4 is 4.74 Å². The van der Waals surface area contributed by atoms with Crippen molar-refractivity contribution in [3.05, 3.63) is 54.1 Å². The molecular formula is C21H22O10. The molecule has 0 aromatic heterocycles. The standard InChI is InChI=1S/C21H22O10/c22-12-3-5-13(6-4-12)30-21-20(28)19(27)18(26)16(31-21)10-29-17(25)8-2-11-1-7-14(23)15(24)9-11/h1-9,16,18-24,26-28H,10H2/t16-,18-,19-,20-,21-/m1/s1. The third kappa shape index (κ3) is 5.64. The maximum Gasteiger partial charge on any atom is 0.330 e. The van der Waals surface area contributed by atoms with Gasteiger partial charge in [0, 0.05) is 6.08 Å². The van der Waals surface area contributed by atoms with Gasteiger partial charge in [-0.15, -0.1) is 0 Å². The lowest BCUT2D eigenvalue weighted by atomic mass is 9.99. The molecule has 0 saturated carbocycles. The van der Waals surface area contributed by atoms with Crippen LogP contribution in [0.5, 0.6) is 23.0 Å². The van der Waals surface area contributed by atoms with Gasteiger partial charge in [0.25, 0.3) is 0 Å². The van der Waals surface area contributed by atoms with Gasteiger partial charge in [0.05, 0.1) is 0 Å². The molecule has 0 radical (unpaired) electrons. The number of aliphatic hydroxyl groups is 3. The van der Waals surface area contributed by atoms with Gasteiger partial charge >= 0.3 is 5.97 Å². The highest BCUT2D eigenvalue weighted by Gasteiger charge is 2.45. The molecule has 1 aliphatic rings. The molecule has 1 saturated heterocycles. The molecular weight excluding hydrogens is 412 g/mol. The molecule has 31 heavy (non-hydrogen) atoms. The Labute approximate surface area is 176 Å². The molecule has 0 unspecified atom stereocenters. The van der Waals surface area contributed by atoms with Gasteiger partial charge in [-0.05, 0) is 48.0 Å². The molecule has 2 aromatic rings. The SMILES string of the molecule is O=C(C=Cc1ccc(O)c(O)c1)OC[C@H]1O[C@@H](Oc2ccc(O)cc2)[C@H](O)[C@H](O)[C@@H]1O. The zero-order chi connectivity index (χ0) is 22.5. The molecule has 2 aromatic carbocycles. The van der Waals surface area contributed by atoms with Crippen LogP contribution >= 0.6 is 0 Å². The zero-order valence-electron chi connectivity index (χ0n) is 16.1. The highest BCUT2D eigenvalue weighted by atomic mass is 16.7. The Kier molecular flexibility index (Phi) is 6.98. The summed E-state index contributed by atoms with van der Waals surface area (Å²) in [6.45, 7) is -0.440. The van der Waals surface area contributed by atoms with Crippen LogP contribution in [0.25, 0.3) is 6.08 Å². The normalized spacial score (nSPS) is 26.0. The van der Waals surface area contributed by atoms with Crippen LogP contribution in [0.1, 0.15) is 5.56 Å². The Balaban J connectivity index is 1.58. The summed E-state index contributed by atoms with van der Waals surface area (Å²) in [5, 5.41) is 58.3. The lowest BCUT2D eigenvalue weighted by molar-refractivity contribution is -0.278. The van der Waals surface area contributed by atoms with E-state index in [1.807, 2.05) is 0 Å².